The van der Waals surface area contributed by atoms with Crippen LogP contribution in [-0.2, 0) is 16.1 Å². The number of aromatic nitrogens is 4. The predicted molar refractivity (Wildman–Crippen MR) is 118 cm³/mol. The third-order valence-corrected chi connectivity index (χ3v) is 6.42. The smallest absolute Gasteiger partial charge is 0.341 e. The molecule has 0 unspecified atom stereocenters. The number of hydrogen-bond acceptors (Lipinski definition) is 8. The summed E-state index contributed by atoms with van der Waals surface area (Å²) >= 11 is 2.62. The van der Waals surface area contributed by atoms with Crippen LogP contribution in [0.15, 0.2) is 42.3 Å². The minimum Gasteiger partial charge on any atom is -0.465 e. The summed E-state index contributed by atoms with van der Waals surface area (Å²) in [5.41, 5.74) is 2.08. The van der Waals surface area contributed by atoms with E-state index in [1.807, 2.05) is 30.5 Å². The lowest BCUT2D eigenvalue weighted by molar-refractivity contribution is -0.113. The van der Waals surface area contributed by atoms with Crippen LogP contribution in [0.4, 0.5) is 5.00 Å². The zero-order valence-electron chi connectivity index (χ0n) is 16.8. The summed E-state index contributed by atoms with van der Waals surface area (Å²) in [6, 6.07) is 3.70. The number of nitrogens with zero attached hydrogens (tertiary/aromatic N) is 4. The van der Waals surface area contributed by atoms with Gasteiger partial charge in [-0.1, -0.05) is 17.8 Å². The number of anilines is 1. The van der Waals surface area contributed by atoms with Crippen LogP contribution in [0.25, 0.3) is 11.4 Å². The summed E-state index contributed by atoms with van der Waals surface area (Å²) in [5, 5.41) is 12.4. The first-order valence-corrected chi connectivity index (χ1v) is 10.8. The van der Waals surface area contributed by atoms with Gasteiger partial charge in [0.2, 0.25) is 5.91 Å². The Morgan fingerprint density at radius 3 is 2.70 bits per heavy atom. The first kappa shape index (κ1) is 21.7. The number of pyridine rings is 1. The summed E-state index contributed by atoms with van der Waals surface area (Å²) in [7, 11) is 1.32. The van der Waals surface area contributed by atoms with Gasteiger partial charge in [0.15, 0.2) is 11.0 Å². The molecule has 0 atom stereocenters. The molecule has 0 fully saturated rings. The number of thiophene rings is 1. The van der Waals surface area contributed by atoms with Gasteiger partial charge >= 0.3 is 5.97 Å². The number of hydrogen-bond donors (Lipinski definition) is 1. The highest BCUT2D eigenvalue weighted by atomic mass is 32.2. The number of allylic oxidation sites excluding steroid dienone is 1. The Labute approximate surface area is 182 Å². The second kappa shape index (κ2) is 9.68. The van der Waals surface area contributed by atoms with Crippen molar-refractivity contribution in [2.75, 3.05) is 18.2 Å². The second-order valence-corrected chi connectivity index (χ2v) is 8.42. The number of ether oxygens (including phenoxy) is 1. The Kier molecular flexibility index (Phi) is 7.01. The minimum absolute atomic E-state index is 0.113. The predicted octanol–water partition coefficient (Wildman–Crippen LogP) is 3.72. The van der Waals surface area contributed by atoms with Crippen LogP contribution in [0.2, 0.25) is 0 Å². The van der Waals surface area contributed by atoms with Crippen LogP contribution in [0.3, 0.4) is 0 Å². The Hall–Kier alpha value is -2.98. The van der Waals surface area contributed by atoms with Crippen molar-refractivity contribution < 1.29 is 14.3 Å². The van der Waals surface area contributed by atoms with Gasteiger partial charge in [0, 0.05) is 29.4 Å². The highest BCUT2D eigenvalue weighted by Crippen LogP contribution is 2.33. The second-order valence-electron chi connectivity index (χ2n) is 6.26. The molecule has 156 valence electrons. The molecule has 3 rings (SSSR count). The van der Waals surface area contributed by atoms with Crippen molar-refractivity contribution in [2.24, 2.45) is 0 Å². The van der Waals surface area contributed by atoms with Gasteiger partial charge in [0.25, 0.3) is 0 Å². The molecule has 0 saturated carbocycles. The molecule has 0 aliphatic carbocycles. The van der Waals surface area contributed by atoms with Crippen LogP contribution in [0.1, 0.15) is 20.8 Å². The first-order valence-electron chi connectivity index (χ1n) is 9.01. The fourth-order valence-electron chi connectivity index (χ4n) is 2.76. The van der Waals surface area contributed by atoms with Crippen LogP contribution in [0, 0.1) is 13.8 Å². The van der Waals surface area contributed by atoms with Crippen molar-refractivity contribution >= 4 is 40.0 Å². The summed E-state index contributed by atoms with van der Waals surface area (Å²) < 4.78 is 6.73. The molecule has 3 aromatic rings. The number of aryl methyl sites for hydroxylation is 1. The summed E-state index contributed by atoms with van der Waals surface area (Å²) in [6.07, 6.45) is 5.12. The van der Waals surface area contributed by atoms with E-state index >= 15 is 0 Å². The molecule has 0 aromatic carbocycles. The van der Waals surface area contributed by atoms with Gasteiger partial charge in [0.1, 0.15) is 5.00 Å². The molecule has 30 heavy (non-hydrogen) atoms. The third-order valence-electron chi connectivity index (χ3n) is 4.33. The highest BCUT2D eigenvalue weighted by molar-refractivity contribution is 7.99. The van der Waals surface area contributed by atoms with E-state index in [1.165, 1.54) is 30.2 Å². The average Bonchev–Trinajstić information content (AvgIpc) is 3.27. The maximum atomic E-state index is 12.6. The number of amides is 1. The molecular weight excluding hydrogens is 422 g/mol. The number of carbonyl (C=O) groups is 2. The van der Waals surface area contributed by atoms with Crippen LogP contribution in [-0.4, -0.2) is 44.5 Å². The lowest BCUT2D eigenvalue weighted by Gasteiger charge is -2.08. The van der Waals surface area contributed by atoms with E-state index in [1.54, 1.807) is 18.5 Å². The topological polar surface area (TPSA) is 99.0 Å². The molecule has 1 N–H and O–H groups in total. The van der Waals surface area contributed by atoms with Crippen molar-refractivity contribution in [2.45, 2.75) is 25.5 Å². The Bertz CT molecular complexity index is 1080. The van der Waals surface area contributed by atoms with E-state index in [-0.39, 0.29) is 11.7 Å². The molecule has 10 heteroatoms. The molecular formula is C20H21N5O3S2. The van der Waals surface area contributed by atoms with Gasteiger partial charge in [-0.05, 0) is 31.5 Å². The van der Waals surface area contributed by atoms with Gasteiger partial charge < -0.3 is 10.1 Å². The quantitative estimate of drug-likeness (QED) is 0.322. The first-order chi connectivity index (χ1) is 14.5. The summed E-state index contributed by atoms with van der Waals surface area (Å²) in [5.74, 6) is 0.0811. The third kappa shape index (κ3) is 4.60. The minimum atomic E-state index is -0.465. The summed E-state index contributed by atoms with van der Waals surface area (Å²) in [6.45, 7) is 8.02. The fourth-order valence-corrected chi connectivity index (χ4v) is 4.57. The highest BCUT2D eigenvalue weighted by Gasteiger charge is 2.22. The number of methoxy groups -OCH3 is 1. The molecule has 0 saturated heterocycles. The molecule has 0 spiro atoms. The maximum absolute atomic E-state index is 12.6. The molecule has 0 radical (unpaired) electrons. The van der Waals surface area contributed by atoms with E-state index < -0.39 is 5.97 Å². The van der Waals surface area contributed by atoms with Gasteiger partial charge in [-0.2, -0.15) is 0 Å². The standard InChI is InChI=1S/C20H21N5O3S2/c1-5-10-25-17(14-6-8-21-9-7-14)23-24-20(25)29-11-15(26)22-18-16(19(27)28-4)12(2)13(3)30-18/h5-9H,1,10-11H2,2-4H3,(H,22,26). The van der Waals surface area contributed by atoms with E-state index in [4.69, 9.17) is 4.74 Å². The van der Waals surface area contributed by atoms with Crippen molar-refractivity contribution in [1.29, 1.82) is 0 Å². The normalized spacial score (nSPS) is 10.6. The lowest BCUT2D eigenvalue weighted by Crippen LogP contribution is -2.16. The molecule has 0 aliphatic heterocycles. The zero-order chi connectivity index (χ0) is 21.7. The van der Waals surface area contributed by atoms with Crippen molar-refractivity contribution in [1.82, 2.24) is 19.7 Å². The number of esters is 1. The molecule has 3 aromatic heterocycles. The molecule has 1 amide bonds. The number of rotatable bonds is 8. The monoisotopic (exact) mass is 443 g/mol. The van der Waals surface area contributed by atoms with E-state index in [0.717, 1.165) is 16.0 Å². The zero-order valence-corrected chi connectivity index (χ0v) is 18.5. The van der Waals surface area contributed by atoms with Gasteiger partial charge in [0.05, 0.1) is 18.4 Å². The number of carbonyl (C=O) groups excluding carboxylic acids is 2. The molecule has 8 nitrogen and oxygen atoms in total. The Morgan fingerprint density at radius 1 is 1.30 bits per heavy atom. The molecule has 0 aliphatic rings. The van der Waals surface area contributed by atoms with Gasteiger partial charge in [-0.15, -0.1) is 28.1 Å². The van der Waals surface area contributed by atoms with Gasteiger partial charge in [-0.25, -0.2) is 4.79 Å². The molecule has 3 heterocycles. The van der Waals surface area contributed by atoms with Gasteiger partial charge in [-0.3, -0.25) is 14.3 Å². The van der Waals surface area contributed by atoms with E-state index in [0.29, 0.717) is 28.1 Å². The van der Waals surface area contributed by atoms with E-state index in [9.17, 15) is 9.59 Å². The fraction of sp³-hybridized carbons (Fsp3) is 0.250. The SMILES string of the molecule is C=CCn1c(SCC(=O)Nc2sc(C)c(C)c2C(=O)OC)nnc1-c1ccncc1. The number of nitrogens with one attached hydrogen (secondary N) is 1. The van der Waals surface area contributed by atoms with Crippen LogP contribution >= 0.6 is 23.1 Å². The van der Waals surface area contributed by atoms with E-state index in [2.05, 4.69) is 27.1 Å². The Morgan fingerprint density at radius 2 is 2.03 bits per heavy atom. The van der Waals surface area contributed by atoms with Crippen molar-refractivity contribution in [3.63, 3.8) is 0 Å². The summed E-state index contributed by atoms with van der Waals surface area (Å²) in [4.78, 5) is 29.6. The maximum Gasteiger partial charge on any atom is 0.341 e. The van der Waals surface area contributed by atoms with Crippen LogP contribution < -0.4 is 5.32 Å². The average molecular weight is 444 g/mol. The van der Waals surface area contributed by atoms with Crippen molar-refractivity contribution in [3.8, 4) is 11.4 Å². The Balaban J connectivity index is 1.74. The van der Waals surface area contributed by atoms with Crippen LogP contribution in [0.5, 0.6) is 0 Å². The molecule has 0 bridgehead atoms. The lowest BCUT2D eigenvalue weighted by atomic mass is 10.1. The van der Waals surface area contributed by atoms with Crippen molar-refractivity contribution in [3.05, 3.63) is 53.2 Å². The largest absolute Gasteiger partial charge is 0.465 e. The number of thioether (sulfide) groups is 1.